The molecule has 0 fully saturated rings. The molecule has 0 N–H and O–H groups in total. The minimum Gasteiger partial charge on any atom is -0.316 e. The molecule has 0 saturated carbocycles. The Hall–Kier alpha value is -3.35. The number of aromatic nitrogens is 5. The van der Waals surface area contributed by atoms with E-state index in [1.807, 2.05) is 10.6 Å². The van der Waals surface area contributed by atoms with Gasteiger partial charge in [0, 0.05) is 37.4 Å². The first kappa shape index (κ1) is 15.2. The molecule has 3 aromatic heterocycles. The fourth-order valence-corrected chi connectivity index (χ4v) is 2.70. The lowest BCUT2D eigenvalue weighted by atomic mass is 10.1. The van der Waals surface area contributed by atoms with Crippen LogP contribution in [0.25, 0.3) is 17.3 Å². The third-order valence-electron chi connectivity index (χ3n) is 3.91. The summed E-state index contributed by atoms with van der Waals surface area (Å²) in [6, 6.07) is 9.61. The first-order chi connectivity index (χ1) is 12.2. The second-order valence-electron chi connectivity index (χ2n) is 5.59. The minimum atomic E-state index is -0.257. The standard InChI is InChI=1S/C18H14FN5O/c19-14-4-1-3-13(11-14)5-8-23-9-10-24-16(25)12-15(22-18(23)24)17-20-6-2-7-21-17/h1-4,6-7,9-12H,5,8H2. The summed E-state index contributed by atoms with van der Waals surface area (Å²) >= 11 is 0. The number of benzene rings is 1. The van der Waals surface area contributed by atoms with Gasteiger partial charge < -0.3 is 4.57 Å². The molecular formula is C18H14FN5O. The number of rotatable bonds is 4. The Morgan fingerprint density at radius 2 is 1.88 bits per heavy atom. The van der Waals surface area contributed by atoms with Gasteiger partial charge in [0.2, 0.25) is 5.78 Å². The SMILES string of the molecule is O=c1cc(-c2ncccn2)nc2n(CCc3cccc(F)c3)ccn12. The Morgan fingerprint density at radius 1 is 1.04 bits per heavy atom. The number of nitrogens with zero attached hydrogens (tertiary/aromatic N) is 5. The van der Waals surface area contributed by atoms with Crippen LogP contribution in [0.4, 0.5) is 4.39 Å². The van der Waals surface area contributed by atoms with Crippen molar-refractivity contribution in [2.45, 2.75) is 13.0 Å². The van der Waals surface area contributed by atoms with E-state index in [1.165, 1.54) is 22.6 Å². The zero-order chi connectivity index (χ0) is 17.2. The molecule has 7 heteroatoms. The number of hydrogen-bond acceptors (Lipinski definition) is 4. The Bertz CT molecular complexity index is 1090. The van der Waals surface area contributed by atoms with Crippen LogP contribution in [-0.4, -0.2) is 23.9 Å². The molecule has 0 bridgehead atoms. The van der Waals surface area contributed by atoms with Crippen LogP contribution in [0.5, 0.6) is 0 Å². The lowest BCUT2D eigenvalue weighted by Crippen LogP contribution is -2.15. The van der Waals surface area contributed by atoms with Crippen LogP contribution in [0, 0.1) is 5.82 Å². The van der Waals surface area contributed by atoms with Crippen LogP contribution >= 0.6 is 0 Å². The van der Waals surface area contributed by atoms with E-state index in [1.54, 1.807) is 36.9 Å². The number of fused-ring (bicyclic) bond motifs is 1. The van der Waals surface area contributed by atoms with Crippen LogP contribution < -0.4 is 5.56 Å². The lowest BCUT2D eigenvalue weighted by molar-refractivity contribution is 0.622. The molecule has 4 aromatic rings. The van der Waals surface area contributed by atoms with Gasteiger partial charge in [-0.3, -0.25) is 9.20 Å². The molecule has 1 aromatic carbocycles. The third-order valence-corrected chi connectivity index (χ3v) is 3.91. The summed E-state index contributed by atoms with van der Waals surface area (Å²) in [6.07, 6.45) is 7.30. The van der Waals surface area contributed by atoms with Gasteiger partial charge in [-0.05, 0) is 30.2 Å². The molecule has 0 amide bonds. The van der Waals surface area contributed by atoms with E-state index in [0.29, 0.717) is 30.3 Å². The summed E-state index contributed by atoms with van der Waals surface area (Å²) in [5.41, 5.74) is 1.12. The Balaban J connectivity index is 1.70. The second kappa shape index (κ2) is 6.27. The molecule has 4 rings (SSSR count). The van der Waals surface area contributed by atoms with Crippen LogP contribution in [-0.2, 0) is 13.0 Å². The van der Waals surface area contributed by atoms with Gasteiger partial charge in [-0.25, -0.2) is 19.3 Å². The predicted octanol–water partition coefficient (Wildman–Crippen LogP) is 2.33. The maximum absolute atomic E-state index is 13.3. The van der Waals surface area contributed by atoms with Crippen molar-refractivity contribution in [1.82, 2.24) is 23.9 Å². The molecule has 6 nitrogen and oxygen atoms in total. The zero-order valence-corrected chi connectivity index (χ0v) is 13.2. The zero-order valence-electron chi connectivity index (χ0n) is 13.2. The van der Waals surface area contributed by atoms with E-state index >= 15 is 0 Å². The van der Waals surface area contributed by atoms with Crippen molar-refractivity contribution >= 4 is 5.78 Å². The van der Waals surface area contributed by atoms with Gasteiger partial charge in [0.15, 0.2) is 5.82 Å². The summed E-state index contributed by atoms with van der Waals surface area (Å²) in [4.78, 5) is 25.1. The first-order valence-corrected chi connectivity index (χ1v) is 7.81. The summed E-state index contributed by atoms with van der Waals surface area (Å²) in [5, 5.41) is 0. The molecule has 25 heavy (non-hydrogen) atoms. The molecule has 0 aliphatic carbocycles. The third kappa shape index (κ3) is 3.03. The fraction of sp³-hybridized carbons (Fsp3) is 0.111. The summed E-state index contributed by atoms with van der Waals surface area (Å²) in [5.74, 6) is 0.652. The van der Waals surface area contributed by atoms with Crippen LogP contribution in [0.15, 0.2) is 66.0 Å². The summed E-state index contributed by atoms with van der Waals surface area (Å²) < 4.78 is 16.6. The molecule has 124 valence electrons. The van der Waals surface area contributed by atoms with E-state index in [-0.39, 0.29) is 11.4 Å². The van der Waals surface area contributed by atoms with E-state index in [2.05, 4.69) is 15.0 Å². The maximum atomic E-state index is 13.3. The molecular weight excluding hydrogens is 321 g/mol. The highest BCUT2D eigenvalue weighted by atomic mass is 19.1. The highest BCUT2D eigenvalue weighted by Gasteiger charge is 2.10. The molecule has 0 spiro atoms. The molecule has 3 heterocycles. The number of hydrogen-bond donors (Lipinski definition) is 0. The van der Waals surface area contributed by atoms with Gasteiger partial charge in [-0.1, -0.05) is 12.1 Å². The molecule has 0 radical (unpaired) electrons. The predicted molar refractivity (Wildman–Crippen MR) is 90.6 cm³/mol. The fourth-order valence-electron chi connectivity index (χ4n) is 2.70. The van der Waals surface area contributed by atoms with Gasteiger partial charge in [0.05, 0.1) is 0 Å². The van der Waals surface area contributed by atoms with Crippen molar-refractivity contribution in [3.05, 3.63) is 82.9 Å². The van der Waals surface area contributed by atoms with Crippen molar-refractivity contribution in [2.75, 3.05) is 0 Å². The lowest BCUT2D eigenvalue weighted by Gasteiger charge is -2.06. The van der Waals surface area contributed by atoms with Gasteiger partial charge in [0.25, 0.3) is 5.56 Å². The monoisotopic (exact) mass is 335 g/mol. The summed E-state index contributed by atoms with van der Waals surface area (Å²) in [6.45, 7) is 0.575. The van der Waals surface area contributed by atoms with E-state index in [0.717, 1.165) is 5.56 Å². The van der Waals surface area contributed by atoms with Gasteiger partial charge >= 0.3 is 0 Å². The average molecular weight is 335 g/mol. The van der Waals surface area contributed by atoms with Gasteiger partial charge in [-0.15, -0.1) is 0 Å². The maximum Gasteiger partial charge on any atom is 0.259 e. The van der Waals surface area contributed by atoms with E-state index in [9.17, 15) is 9.18 Å². The van der Waals surface area contributed by atoms with Gasteiger partial charge in [0.1, 0.15) is 11.5 Å². The normalized spacial score (nSPS) is 11.1. The topological polar surface area (TPSA) is 65.1 Å². The van der Waals surface area contributed by atoms with E-state index < -0.39 is 0 Å². The highest BCUT2D eigenvalue weighted by Crippen LogP contribution is 2.12. The molecule has 0 saturated heterocycles. The molecule has 0 aliphatic heterocycles. The summed E-state index contributed by atoms with van der Waals surface area (Å²) in [7, 11) is 0. The number of aryl methyl sites for hydroxylation is 2. The minimum absolute atomic E-state index is 0.197. The Kier molecular flexibility index (Phi) is 3.81. The van der Waals surface area contributed by atoms with Crippen molar-refractivity contribution in [2.24, 2.45) is 0 Å². The molecule has 0 aliphatic rings. The Labute approximate surface area is 142 Å². The second-order valence-corrected chi connectivity index (χ2v) is 5.59. The van der Waals surface area contributed by atoms with Crippen molar-refractivity contribution in [3.8, 4) is 11.5 Å². The average Bonchev–Trinajstić information content (AvgIpc) is 3.04. The van der Waals surface area contributed by atoms with Crippen molar-refractivity contribution < 1.29 is 4.39 Å². The van der Waals surface area contributed by atoms with E-state index in [4.69, 9.17) is 0 Å². The quantitative estimate of drug-likeness (QED) is 0.574. The molecule has 0 atom stereocenters. The van der Waals surface area contributed by atoms with Gasteiger partial charge in [-0.2, -0.15) is 0 Å². The number of imidazole rings is 1. The first-order valence-electron chi connectivity index (χ1n) is 7.81. The largest absolute Gasteiger partial charge is 0.316 e. The smallest absolute Gasteiger partial charge is 0.259 e. The van der Waals surface area contributed by atoms with Crippen molar-refractivity contribution in [3.63, 3.8) is 0 Å². The number of halogens is 1. The Morgan fingerprint density at radius 3 is 2.68 bits per heavy atom. The highest BCUT2D eigenvalue weighted by molar-refractivity contribution is 5.51. The van der Waals surface area contributed by atoms with Crippen LogP contribution in [0.1, 0.15) is 5.56 Å². The van der Waals surface area contributed by atoms with Crippen LogP contribution in [0.3, 0.4) is 0 Å². The molecule has 0 unspecified atom stereocenters. The van der Waals surface area contributed by atoms with Crippen LogP contribution in [0.2, 0.25) is 0 Å². The van der Waals surface area contributed by atoms with Crippen molar-refractivity contribution in [1.29, 1.82) is 0 Å².